The average Bonchev–Trinajstić information content (AvgIpc) is 3.58. The predicted octanol–water partition coefficient (Wildman–Crippen LogP) is 4.40. The molecule has 1 fully saturated rings. The third-order valence-electron chi connectivity index (χ3n) is 5.94. The van der Waals surface area contributed by atoms with Crippen LogP contribution in [0.15, 0.2) is 47.1 Å². The zero-order valence-corrected chi connectivity index (χ0v) is 22.3. The molecule has 4 rings (SSSR count). The van der Waals surface area contributed by atoms with Crippen LogP contribution in [-0.2, 0) is 22.3 Å². The number of unbranched alkanes of at least 4 members (excludes halogenated alkanes) is 1. The molecule has 0 spiro atoms. The first-order valence-corrected chi connectivity index (χ1v) is 13.4. The summed E-state index contributed by atoms with van der Waals surface area (Å²) in [6, 6.07) is 9.38. The van der Waals surface area contributed by atoms with Gasteiger partial charge in [-0.2, -0.15) is 0 Å². The quantitative estimate of drug-likeness (QED) is 0.304. The number of aryl methyl sites for hydroxylation is 1. The molecule has 0 saturated heterocycles. The number of anilines is 1. The summed E-state index contributed by atoms with van der Waals surface area (Å²) >= 11 is 0. The van der Waals surface area contributed by atoms with E-state index < -0.39 is 17.0 Å². The summed E-state index contributed by atoms with van der Waals surface area (Å²) < 4.78 is 21.4. The van der Waals surface area contributed by atoms with Gasteiger partial charge >= 0.3 is 5.97 Å². The van der Waals surface area contributed by atoms with Crippen molar-refractivity contribution in [1.29, 1.82) is 0 Å². The van der Waals surface area contributed by atoms with Crippen LogP contribution in [0, 0.1) is 6.92 Å². The zero-order chi connectivity index (χ0) is 26.2. The van der Waals surface area contributed by atoms with Crippen molar-refractivity contribution in [2.24, 2.45) is 5.73 Å². The van der Waals surface area contributed by atoms with Crippen molar-refractivity contribution in [1.82, 2.24) is 19.0 Å². The maximum Gasteiger partial charge on any atom is 0.360 e. The highest BCUT2D eigenvalue weighted by atomic mass is 32.2. The molecule has 1 aliphatic carbocycles. The lowest BCUT2D eigenvalue weighted by atomic mass is 10.1. The number of allylic oxidation sites excluding steroid dienone is 1. The molecule has 0 radical (unpaired) electrons. The number of carbonyl (C=O) groups is 1. The van der Waals surface area contributed by atoms with Crippen molar-refractivity contribution in [2.75, 3.05) is 12.8 Å². The van der Waals surface area contributed by atoms with Gasteiger partial charge in [0.2, 0.25) is 0 Å². The van der Waals surface area contributed by atoms with Crippen molar-refractivity contribution in [3.05, 3.63) is 64.7 Å². The molecule has 0 amide bonds. The molecule has 0 bridgehead atoms. The second-order valence-corrected chi connectivity index (χ2v) is 9.81. The Bertz CT molecular complexity index is 1230. The highest BCUT2D eigenvalue weighted by molar-refractivity contribution is 7.83. The van der Waals surface area contributed by atoms with Gasteiger partial charge in [0.15, 0.2) is 16.7 Å². The van der Waals surface area contributed by atoms with Crippen LogP contribution in [0.2, 0.25) is 0 Å². The molecule has 10 heteroatoms. The minimum atomic E-state index is -1.41. The number of aromatic nitrogens is 4. The Labute approximate surface area is 215 Å². The number of ether oxygens (including phenoxy) is 1. The molecule has 1 aliphatic rings. The van der Waals surface area contributed by atoms with Crippen LogP contribution in [0.5, 0.6) is 0 Å². The summed E-state index contributed by atoms with van der Waals surface area (Å²) in [6.07, 6.45) is 7.98. The predicted molar refractivity (Wildman–Crippen MR) is 143 cm³/mol. The molecule has 1 atom stereocenters. The van der Waals surface area contributed by atoms with Crippen molar-refractivity contribution in [2.45, 2.75) is 70.2 Å². The molecule has 4 N–H and O–H groups in total. The van der Waals surface area contributed by atoms with E-state index in [4.69, 9.17) is 11.5 Å². The Morgan fingerprint density at radius 3 is 2.56 bits per heavy atom. The number of carbonyl (C=O) groups excluding carboxylic acids is 1. The summed E-state index contributed by atoms with van der Waals surface area (Å²) in [5.41, 5.74) is 16.7. The Balaban J connectivity index is 0.00000176. The fourth-order valence-electron chi connectivity index (χ4n) is 4.02. The van der Waals surface area contributed by atoms with E-state index in [2.05, 4.69) is 15.0 Å². The lowest BCUT2D eigenvalue weighted by molar-refractivity contribution is 0.0594. The second-order valence-electron chi connectivity index (χ2n) is 8.47. The van der Waals surface area contributed by atoms with Crippen LogP contribution < -0.4 is 11.5 Å². The van der Waals surface area contributed by atoms with Crippen LogP contribution in [0.3, 0.4) is 0 Å². The fourth-order valence-corrected chi connectivity index (χ4v) is 5.36. The van der Waals surface area contributed by atoms with Crippen molar-refractivity contribution < 1.29 is 13.7 Å². The summed E-state index contributed by atoms with van der Waals surface area (Å²) in [6.45, 7) is 6.65. The molecule has 1 saturated carbocycles. The van der Waals surface area contributed by atoms with Crippen LogP contribution in [0.4, 0.5) is 5.82 Å². The Morgan fingerprint density at radius 1 is 1.22 bits per heavy atom. The van der Waals surface area contributed by atoms with E-state index >= 15 is 0 Å². The molecule has 2 heterocycles. The largest absolute Gasteiger partial charge is 0.464 e. The first-order valence-electron chi connectivity index (χ1n) is 12.3. The fraction of sp³-hybridized carbons (Fsp3) is 0.423. The molecular formula is C26H36N6O3S. The Hall–Kier alpha value is -3.40. The zero-order valence-electron chi connectivity index (χ0n) is 21.4. The molecule has 1 aromatic carbocycles. The number of hydrogen-bond donors (Lipinski definition) is 2. The lowest BCUT2D eigenvalue weighted by Crippen LogP contribution is -2.11. The first kappa shape index (κ1) is 27.2. The third-order valence-corrected chi connectivity index (χ3v) is 7.34. The monoisotopic (exact) mass is 512 g/mol. The number of esters is 1. The van der Waals surface area contributed by atoms with Gasteiger partial charge in [0.1, 0.15) is 5.82 Å². The van der Waals surface area contributed by atoms with Gasteiger partial charge in [0.25, 0.3) is 0 Å². The lowest BCUT2D eigenvalue weighted by Gasteiger charge is -2.10. The maximum absolute atomic E-state index is 13.4. The molecule has 194 valence electrons. The molecule has 3 aromatic rings. The topological polar surface area (TPSA) is 131 Å². The van der Waals surface area contributed by atoms with Crippen molar-refractivity contribution >= 4 is 28.8 Å². The van der Waals surface area contributed by atoms with Gasteiger partial charge in [-0.3, -0.25) is 4.68 Å². The Morgan fingerprint density at radius 2 is 1.92 bits per heavy atom. The molecule has 1 unspecified atom stereocenters. The van der Waals surface area contributed by atoms with Gasteiger partial charge < -0.3 is 16.2 Å². The van der Waals surface area contributed by atoms with Crippen LogP contribution >= 0.6 is 0 Å². The number of rotatable bonds is 10. The van der Waals surface area contributed by atoms with Crippen molar-refractivity contribution in [3.8, 4) is 0 Å². The van der Waals surface area contributed by atoms with Crippen molar-refractivity contribution in [3.63, 3.8) is 0 Å². The number of benzene rings is 1. The summed E-state index contributed by atoms with van der Waals surface area (Å²) in [5, 5.41) is 7.74. The number of nitrogens with zero attached hydrogens (tertiary/aromatic N) is 4. The normalized spacial score (nSPS) is 14.2. The maximum atomic E-state index is 13.4. The number of methoxy groups -OCH3 is 1. The van der Waals surface area contributed by atoms with Crippen LogP contribution in [-0.4, -0.2) is 36.3 Å². The SMILES string of the molecule is CC.COC(=O)c1cn(CCCC/C(N)=C/c2c(C)c(C3CC3)n(S(=O)c3ccccc3)c2N)nn1. The molecule has 36 heavy (non-hydrogen) atoms. The first-order chi connectivity index (χ1) is 17.4. The van der Waals surface area contributed by atoms with E-state index in [1.165, 1.54) is 7.11 Å². The highest BCUT2D eigenvalue weighted by Crippen LogP contribution is 2.45. The van der Waals surface area contributed by atoms with E-state index in [0.717, 1.165) is 47.4 Å². The van der Waals surface area contributed by atoms with Gasteiger partial charge in [-0.1, -0.05) is 37.3 Å². The van der Waals surface area contributed by atoms with Gasteiger partial charge in [-0.15, -0.1) is 5.10 Å². The smallest absolute Gasteiger partial charge is 0.360 e. The summed E-state index contributed by atoms with van der Waals surface area (Å²) in [5.74, 6) is 0.371. The van der Waals surface area contributed by atoms with E-state index in [0.29, 0.717) is 30.4 Å². The number of nitrogen functional groups attached to an aromatic ring is 1. The second kappa shape index (κ2) is 12.5. The van der Waals surface area contributed by atoms with Gasteiger partial charge in [-0.05, 0) is 62.8 Å². The van der Waals surface area contributed by atoms with E-state index in [9.17, 15) is 9.00 Å². The van der Waals surface area contributed by atoms with E-state index in [-0.39, 0.29) is 5.69 Å². The van der Waals surface area contributed by atoms with E-state index in [1.807, 2.05) is 57.2 Å². The summed E-state index contributed by atoms with van der Waals surface area (Å²) in [4.78, 5) is 12.2. The molecule has 0 aliphatic heterocycles. The van der Waals surface area contributed by atoms with Crippen LogP contribution in [0.25, 0.3) is 6.08 Å². The van der Waals surface area contributed by atoms with E-state index in [1.54, 1.807) is 14.9 Å². The minimum absolute atomic E-state index is 0.191. The van der Waals surface area contributed by atoms with Gasteiger partial charge in [0.05, 0.1) is 18.2 Å². The summed E-state index contributed by atoms with van der Waals surface area (Å²) in [7, 11) is -0.100. The van der Waals surface area contributed by atoms with Gasteiger partial charge in [0, 0.05) is 29.4 Å². The molecule has 9 nitrogen and oxygen atoms in total. The molecule has 2 aromatic heterocycles. The van der Waals surface area contributed by atoms with Crippen LogP contribution in [0.1, 0.15) is 79.2 Å². The standard InChI is InChI=1S/C24H30N6O3S.C2H6/c1-16-20(14-18(25)8-6-7-13-29-15-21(27-28-29)24(31)33-2)23(26)30(22(16)17-11-12-17)34(32)19-9-4-3-5-10-19;1-2/h3-5,9-10,14-15,17H,6-8,11-13,25-26H2,1-2H3;1-2H3/b18-14-;. The highest BCUT2D eigenvalue weighted by Gasteiger charge is 2.33. The molecular weight excluding hydrogens is 476 g/mol. The van der Waals surface area contributed by atoms with Gasteiger partial charge in [-0.25, -0.2) is 13.0 Å². The number of nitrogens with two attached hydrogens (primary N) is 2. The Kier molecular flexibility index (Phi) is 9.46. The number of hydrogen-bond acceptors (Lipinski definition) is 7. The third kappa shape index (κ3) is 6.23. The average molecular weight is 513 g/mol. The minimum Gasteiger partial charge on any atom is -0.464 e.